The van der Waals surface area contributed by atoms with E-state index in [4.69, 9.17) is 10.6 Å². The maximum atomic E-state index is 12.4. The number of esters is 1. The highest BCUT2D eigenvalue weighted by molar-refractivity contribution is 6.00. The van der Waals surface area contributed by atoms with Crippen molar-refractivity contribution in [3.8, 4) is 22.5 Å². The van der Waals surface area contributed by atoms with Gasteiger partial charge in [0.2, 0.25) is 0 Å². The Hall–Kier alpha value is -3.09. The number of ether oxygens (including phenoxy) is 1. The van der Waals surface area contributed by atoms with Crippen LogP contribution in [-0.4, -0.2) is 32.0 Å². The van der Waals surface area contributed by atoms with E-state index in [2.05, 4.69) is 23.9 Å². The number of nitrogens with two attached hydrogens (primary N) is 1. The number of pyridine rings is 1. The molecule has 0 aromatic carbocycles. The van der Waals surface area contributed by atoms with Crippen molar-refractivity contribution in [3.05, 3.63) is 48.5 Å². The fourth-order valence-corrected chi connectivity index (χ4v) is 2.67. The zero-order valence-corrected chi connectivity index (χ0v) is 14.5. The second-order valence-corrected chi connectivity index (χ2v) is 5.88. The minimum Gasteiger partial charge on any atom is -0.461 e. The fourth-order valence-electron chi connectivity index (χ4n) is 2.67. The minimum atomic E-state index is -0.486. The summed E-state index contributed by atoms with van der Waals surface area (Å²) in [5.41, 5.74) is 2.99. The molecule has 0 saturated carbocycles. The van der Waals surface area contributed by atoms with Gasteiger partial charge in [0.15, 0.2) is 5.69 Å². The Kier molecular flexibility index (Phi) is 4.56. The van der Waals surface area contributed by atoms with E-state index < -0.39 is 5.97 Å². The van der Waals surface area contributed by atoms with Gasteiger partial charge in [-0.3, -0.25) is 14.3 Å². The van der Waals surface area contributed by atoms with E-state index in [1.54, 1.807) is 19.3 Å². The molecule has 3 heterocycles. The Labute approximate surface area is 146 Å². The topological polar surface area (TPSA) is 88.0 Å². The predicted molar refractivity (Wildman–Crippen MR) is 95.4 cm³/mol. The van der Waals surface area contributed by atoms with Gasteiger partial charge in [-0.1, -0.05) is 6.07 Å². The summed E-state index contributed by atoms with van der Waals surface area (Å²) >= 11 is 0. The molecule has 0 radical (unpaired) electrons. The summed E-state index contributed by atoms with van der Waals surface area (Å²) in [6.07, 6.45) is 5.26. The molecule has 0 bridgehead atoms. The monoisotopic (exact) mass is 339 g/mol. The summed E-state index contributed by atoms with van der Waals surface area (Å²) in [6.45, 7) is 6.12. The maximum Gasteiger partial charge on any atom is 0.357 e. The highest BCUT2D eigenvalue weighted by atomic mass is 16.5. The number of carbonyl (C=O) groups excluding carboxylic acids is 1. The lowest BCUT2D eigenvalue weighted by Gasteiger charge is -2.07. The molecule has 0 atom stereocenters. The highest BCUT2D eigenvalue weighted by Crippen LogP contribution is 2.34. The zero-order chi connectivity index (χ0) is 18.0. The first-order valence-electron chi connectivity index (χ1n) is 8.17. The van der Waals surface area contributed by atoms with Crippen LogP contribution in [0.1, 0.15) is 37.3 Å². The van der Waals surface area contributed by atoms with Crippen molar-refractivity contribution in [2.75, 3.05) is 12.4 Å². The Morgan fingerprint density at radius 2 is 2.08 bits per heavy atom. The molecule has 0 aliphatic carbocycles. The van der Waals surface area contributed by atoms with E-state index in [9.17, 15) is 4.79 Å². The first-order valence-corrected chi connectivity index (χ1v) is 8.17. The number of nitrogen functional groups attached to an aromatic ring is 1. The molecule has 0 spiro atoms. The van der Waals surface area contributed by atoms with Crippen molar-refractivity contribution in [1.29, 1.82) is 0 Å². The third kappa shape index (κ3) is 3.13. The van der Waals surface area contributed by atoms with Gasteiger partial charge < -0.3 is 10.6 Å². The molecule has 7 nitrogen and oxygen atoms in total. The predicted octanol–water partition coefficient (Wildman–Crippen LogP) is 2.88. The number of aromatic nitrogens is 4. The van der Waals surface area contributed by atoms with Crippen molar-refractivity contribution < 1.29 is 9.53 Å². The van der Waals surface area contributed by atoms with Gasteiger partial charge in [-0.05, 0) is 39.0 Å². The van der Waals surface area contributed by atoms with Crippen LogP contribution in [0.2, 0.25) is 0 Å². The van der Waals surface area contributed by atoms with Gasteiger partial charge in [0.25, 0.3) is 0 Å². The van der Waals surface area contributed by atoms with Crippen LogP contribution in [0.3, 0.4) is 0 Å². The van der Waals surface area contributed by atoms with E-state index in [0.29, 0.717) is 11.3 Å². The number of nitrogens with zero attached hydrogens (tertiary/aromatic N) is 4. The minimum absolute atomic E-state index is 0.233. The van der Waals surface area contributed by atoms with E-state index in [1.165, 1.54) is 4.68 Å². The second-order valence-electron chi connectivity index (χ2n) is 5.88. The fraction of sp³-hybridized carbons (Fsp3) is 0.278. The van der Waals surface area contributed by atoms with Crippen LogP contribution in [0.5, 0.6) is 0 Å². The van der Waals surface area contributed by atoms with E-state index in [0.717, 1.165) is 11.3 Å². The molecule has 25 heavy (non-hydrogen) atoms. The Morgan fingerprint density at radius 3 is 2.68 bits per heavy atom. The van der Waals surface area contributed by atoms with Crippen LogP contribution in [-0.2, 0) is 4.74 Å². The summed E-state index contributed by atoms with van der Waals surface area (Å²) in [6, 6.07) is 7.65. The van der Waals surface area contributed by atoms with Gasteiger partial charge in [-0.15, -0.1) is 0 Å². The van der Waals surface area contributed by atoms with E-state index >= 15 is 0 Å². The molecule has 0 unspecified atom stereocenters. The summed E-state index contributed by atoms with van der Waals surface area (Å²) in [4.78, 5) is 16.8. The quantitative estimate of drug-likeness (QED) is 0.570. The van der Waals surface area contributed by atoms with Crippen molar-refractivity contribution in [1.82, 2.24) is 19.4 Å². The zero-order valence-electron chi connectivity index (χ0n) is 14.5. The average molecular weight is 339 g/mol. The lowest BCUT2D eigenvalue weighted by Crippen LogP contribution is -2.18. The third-order valence-electron chi connectivity index (χ3n) is 3.84. The van der Waals surface area contributed by atoms with Crippen LogP contribution in [0.15, 0.2) is 42.9 Å². The largest absolute Gasteiger partial charge is 0.461 e. The summed E-state index contributed by atoms with van der Waals surface area (Å²) in [5.74, 6) is 5.58. The normalized spacial score (nSPS) is 11.0. The third-order valence-corrected chi connectivity index (χ3v) is 3.84. The van der Waals surface area contributed by atoms with Crippen LogP contribution in [0.4, 0.5) is 0 Å². The van der Waals surface area contributed by atoms with Gasteiger partial charge in [-0.25, -0.2) is 4.79 Å². The summed E-state index contributed by atoms with van der Waals surface area (Å²) < 4.78 is 8.31. The Bertz CT molecular complexity index is 880. The van der Waals surface area contributed by atoms with Crippen LogP contribution in [0.25, 0.3) is 22.5 Å². The van der Waals surface area contributed by atoms with Gasteiger partial charge in [0.1, 0.15) is 0 Å². The summed E-state index contributed by atoms with van der Waals surface area (Å²) in [7, 11) is 0. The molecule has 3 rings (SSSR count). The molecule has 3 aromatic rings. The SMILES string of the molecule is CCOC(=O)c1c(-c2ccccn2)c(-c2ccn(C(C)C)n2)cn1N. The average Bonchev–Trinajstić information content (AvgIpc) is 3.20. The molecular weight excluding hydrogens is 318 g/mol. The van der Waals surface area contributed by atoms with Crippen molar-refractivity contribution >= 4 is 5.97 Å². The van der Waals surface area contributed by atoms with Crippen molar-refractivity contribution in [2.45, 2.75) is 26.8 Å². The number of rotatable bonds is 5. The molecule has 2 N–H and O–H groups in total. The number of carbonyl (C=O) groups is 1. The van der Waals surface area contributed by atoms with Crippen LogP contribution in [0, 0.1) is 0 Å². The molecule has 3 aromatic heterocycles. The van der Waals surface area contributed by atoms with Crippen molar-refractivity contribution in [2.24, 2.45) is 0 Å². The molecule has 0 fully saturated rings. The standard InChI is InChI=1S/C18H21N5O2/c1-4-25-18(24)17-16(15-7-5-6-9-20-15)13(11-22(17)19)14-8-10-23(21-14)12(2)3/h5-12H,4,19H2,1-3H3. The molecular formula is C18H21N5O2. The van der Waals surface area contributed by atoms with E-state index in [1.807, 2.05) is 35.1 Å². The van der Waals surface area contributed by atoms with E-state index in [-0.39, 0.29) is 18.3 Å². The molecule has 130 valence electrons. The van der Waals surface area contributed by atoms with Gasteiger partial charge in [0, 0.05) is 35.8 Å². The Balaban J connectivity index is 2.21. The maximum absolute atomic E-state index is 12.4. The lowest BCUT2D eigenvalue weighted by atomic mass is 10.0. The lowest BCUT2D eigenvalue weighted by molar-refractivity contribution is 0.0517. The number of hydrogen-bond acceptors (Lipinski definition) is 5. The number of hydrogen-bond donors (Lipinski definition) is 1. The molecule has 7 heteroatoms. The molecule has 0 amide bonds. The molecule has 0 aliphatic rings. The van der Waals surface area contributed by atoms with Gasteiger partial charge in [-0.2, -0.15) is 5.10 Å². The van der Waals surface area contributed by atoms with Gasteiger partial charge in [0.05, 0.1) is 18.0 Å². The summed E-state index contributed by atoms with van der Waals surface area (Å²) in [5, 5.41) is 4.59. The second kappa shape index (κ2) is 6.80. The Morgan fingerprint density at radius 1 is 1.28 bits per heavy atom. The highest BCUT2D eigenvalue weighted by Gasteiger charge is 2.26. The van der Waals surface area contributed by atoms with Gasteiger partial charge >= 0.3 is 5.97 Å². The smallest absolute Gasteiger partial charge is 0.357 e. The van der Waals surface area contributed by atoms with Crippen LogP contribution < -0.4 is 5.84 Å². The first kappa shape index (κ1) is 16.8. The van der Waals surface area contributed by atoms with Crippen LogP contribution >= 0.6 is 0 Å². The first-order chi connectivity index (χ1) is 12.0. The van der Waals surface area contributed by atoms with Crippen molar-refractivity contribution in [3.63, 3.8) is 0 Å². The molecule has 0 saturated heterocycles. The molecule has 0 aliphatic heterocycles.